The number of nitrogens with two attached hydrogens (primary N) is 1. The Kier molecular flexibility index (Phi) is 7.74. The Labute approximate surface area is 170 Å². The first-order chi connectivity index (χ1) is 12.6. The van der Waals surface area contributed by atoms with Crippen molar-refractivity contribution in [2.75, 3.05) is 0 Å². The Balaban J connectivity index is 3.69. The van der Waals surface area contributed by atoms with Gasteiger partial charge in [0, 0.05) is 0 Å². The molecule has 0 radical (unpaired) electrons. The third-order valence-corrected chi connectivity index (χ3v) is 6.13. The van der Waals surface area contributed by atoms with Gasteiger partial charge in [0.15, 0.2) is 0 Å². The molecule has 0 spiro atoms. The van der Waals surface area contributed by atoms with E-state index in [1.54, 1.807) is 32.6 Å². The minimum atomic E-state index is -1.27. The lowest BCUT2D eigenvalue weighted by molar-refractivity contribution is -0.174. The quantitative estimate of drug-likeness (QED) is 0.547. The summed E-state index contributed by atoms with van der Waals surface area (Å²) in [6.07, 6.45) is 3.36. The van der Waals surface area contributed by atoms with Gasteiger partial charge in [0.25, 0.3) is 0 Å². The second-order valence-corrected chi connectivity index (χ2v) is 10.4. The summed E-state index contributed by atoms with van der Waals surface area (Å²) in [5.41, 5.74) is 2.11. The lowest BCUT2D eigenvalue weighted by atomic mass is 9.70. The number of carbonyl (C=O) groups excluding carboxylic acids is 2. The van der Waals surface area contributed by atoms with Crippen LogP contribution in [0.25, 0.3) is 0 Å². The molecule has 6 heteroatoms. The van der Waals surface area contributed by atoms with Gasteiger partial charge in [0.05, 0.1) is 23.3 Å². The highest BCUT2D eigenvalue weighted by Crippen LogP contribution is 2.42. The molecular weight excluding hydrogens is 356 g/mol. The van der Waals surface area contributed by atoms with Crippen LogP contribution in [0.15, 0.2) is 0 Å². The molecular formula is C22H42N2O4. The van der Waals surface area contributed by atoms with Gasteiger partial charge in [-0.05, 0) is 52.4 Å². The lowest BCUT2D eigenvalue weighted by Gasteiger charge is -2.53. The monoisotopic (exact) mass is 398 g/mol. The van der Waals surface area contributed by atoms with Gasteiger partial charge in [0.2, 0.25) is 11.8 Å². The van der Waals surface area contributed by atoms with E-state index < -0.39 is 34.6 Å². The zero-order valence-electron chi connectivity index (χ0n) is 19.1. The van der Waals surface area contributed by atoms with Gasteiger partial charge in [-0.1, -0.05) is 47.0 Å². The fourth-order valence-corrected chi connectivity index (χ4v) is 5.35. The van der Waals surface area contributed by atoms with Crippen LogP contribution in [0.3, 0.4) is 0 Å². The third kappa shape index (κ3) is 5.07. The molecule has 28 heavy (non-hydrogen) atoms. The van der Waals surface area contributed by atoms with Crippen molar-refractivity contribution in [3.63, 3.8) is 0 Å². The highest BCUT2D eigenvalue weighted by atomic mass is 16.3. The minimum Gasteiger partial charge on any atom is -0.388 e. The van der Waals surface area contributed by atoms with Gasteiger partial charge in [0.1, 0.15) is 5.41 Å². The number of nitrogens with zero attached hydrogens (tertiary/aromatic N) is 1. The molecule has 1 fully saturated rings. The van der Waals surface area contributed by atoms with Crippen molar-refractivity contribution in [3.8, 4) is 0 Å². The summed E-state index contributed by atoms with van der Waals surface area (Å²) in [5, 5.41) is 22.0. The Bertz CT molecular complexity index is 526. The van der Waals surface area contributed by atoms with Crippen molar-refractivity contribution in [2.24, 2.45) is 23.0 Å². The standard InChI is InChI=1S/C22H42N2O4/c1-14(2)16(20(5,6)27)24(17(15(3)4)21(7,8)28)19(26)22(18(23)25)12-10-9-11-13-22/h14-17,27-28H,9-13H2,1-8H3,(H2,23,25). The second-order valence-electron chi connectivity index (χ2n) is 10.4. The molecule has 6 nitrogen and oxygen atoms in total. The number of carbonyl (C=O) groups is 2. The molecule has 0 saturated heterocycles. The second kappa shape index (κ2) is 8.70. The van der Waals surface area contributed by atoms with Crippen molar-refractivity contribution >= 4 is 11.8 Å². The Morgan fingerprint density at radius 3 is 1.46 bits per heavy atom. The number of hydrogen-bond donors (Lipinski definition) is 3. The molecule has 0 aromatic rings. The van der Waals surface area contributed by atoms with E-state index >= 15 is 0 Å². The normalized spacial score (nSPS) is 20.1. The number of amides is 2. The maximum atomic E-state index is 14.0. The highest BCUT2D eigenvalue weighted by Gasteiger charge is 2.54. The molecule has 0 aromatic carbocycles. The maximum Gasteiger partial charge on any atom is 0.238 e. The SMILES string of the molecule is CC(C)C(N(C(=O)C1(C(N)=O)CCCCC1)C(C(C)C)C(C)(C)O)C(C)(C)O. The molecule has 4 N–H and O–H groups in total. The molecule has 0 heterocycles. The first-order valence-electron chi connectivity index (χ1n) is 10.6. The van der Waals surface area contributed by atoms with Crippen molar-refractivity contribution in [1.29, 1.82) is 0 Å². The van der Waals surface area contributed by atoms with Gasteiger partial charge in [-0.2, -0.15) is 0 Å². The van der Waals surface area contributed by atoms with E-state index in [9.17, 15) is 19.8 Å². The lowest BCUT2D eigenvalue weighted by Crippen LogP contribution is -2.68. The van der Waals surface area contributed by atoms with E-state index in [4.69, 9.17) is 5.73 Å². The van der Waals surface area contributed by atoms with Crippen LogP contribution >= 0.6 is 0 Å². The molecule has 0 bridgehead atoms. The molecule has 2 atom stereocenters. The smallest absolute Gasteiger partial charge is 0.238 e. The third-order valence-electron chi connectivity index (χ3n) is 6.13. The number of rotatable bonds is 8. The zero-order chi connectivity index (χ0) is 22.1. The predicted molar refractivity (Wildman–Crippen MR) is 111 cm³/mol. The van der Waals surface area contributed by atoms with E-state index in [0.717, 1.165) is 19.3 Å². The molecule has 0 aliphatic heterocycles. The van der Waals surface area contributed by atoms with E-state index in [0.29, 0.717) is 12.8 Å². The van der Waals surface area contributed by atoms with Crippen LogP contribution in [-0.4, -0.2) is 50.2 Å². The summed E-state index contributed by atoms with van der Waals surface area (Å²) in [6.45, 7) is 14.5. The Hall–Kier alpha value is -1.14. The topological polar surface area (TPSA) is 104 Å². The minimum absolute atomic E-state index is 0.0823. The van der Waals surface area contributed by atoms with Crippen LogP contribution < -0.4 is 5.73 Å². The van der Waals surface area contributed by atoms with E-state index in [1.165, 1.54) is 0 Å². The van der Waals surface area contributed by atoms with Gasteiger partial charge in [-0.25, -0.2) is 0 Å². The summed E-state index contributed by atoms with van der Waals surface area (Å²) >= 11 is 0. The van der Waals surface area contributed by atoms with Crippen LogP contribution in [0.1, 0.15) is 87.5 Å². The van der Waals surface area contributed by atoms with E-state index in [1.807, 2.05) is 27.7 Å². The van der Waals surface area contributed by atoms with Crippen LogP contribution in [0, 0.1) is 17.3 Å². The first-order valence-corrected chi connectivity index (χ1v) is 10.6. The summed E-state index contributed by atoms with van der Waals surface area (Å²) in [4.78, 5) is 28.2. The summed E-state index contributed by atoms with van der Waals surface area (Å²) in [7, 11) is 0. The molecule has 164 valence electrons. The van der Waals surface area contributed by atoms with Crippen LogP contribution in [0.5, 0.6) is 0 Å². The van der Waals surface area contributed by atoms with Crippen LogP contribution in [-0.2, 0) is 9.59 Å². The average molecular weight is 399 g/mol. The molecule has 1 aliphatic rings. The van der Waals surface area contributed by atoms with Gasteiger partial charge in [-0.15, -0.1) is 0 Å². The molecule has 1 saturated carbocycles. The van der Waals surface area contributed by atoms with E-state index in [2.05, 4.69) is 0 Å². The highest BCUT2D eigenvalue weighted by molar-refractivity contribution is 6.04. The molecule has 2 unspecified atom stereocenters. The number of hydrogen-bond acceptors (Lipinski definition) is 4. The number of primary amides is 1. The number of aliphatic hydroxyl groups is 2. The van der Waals surface area contributed by atoms with E-state index in [-0.39, 0.29) is 17.7 Å². The molecule has 0 aromatic heterocycles. The summed E-state index contributed by atoms with van der Waals surface area (Å²) < 4.78 is 0. The van der Waals surface area contributed by atoms with Crippen molar-refractivity contribution < 1.29 is 19.8 Å². The van der Waals surface area contributed by atoms with Crippen LogP contribution in [0.2, 0.25) is 0 Å². The molecule has 2 amide bonds. The zero-order valence-corrected chi connectivity index (χ0v) is 19.1. The van der Waals surface area contributed by atoms with Gasteiger partial charge >= 0.3 is 0 Å². The Morgan fingerprint density at radius 2 is 1.21 bits per heavy atom. The van der Waals surface area contributed by atoms with Gasteiger partial charge < -0.3 is 20.8 Å². The summed E-state index contributed by atoms with van der Waals surface area (Å²) in [5.74, 6) is -1.11. The fourth-order valence-electron chi connectivity index (χ4n) is 5.35. The largest absolute Gasteiger partial charge is 0.388 e. The maximum absolute atomic E-state index is 14.0. The average Bonchev–Trinajstić information content (AvgIpc) is 2.50. The molecule has 1 rings (SSSR count). The van der Waals surface area contributed by atoms with Gasteiger partial charge in [-0.3, -0.25) is 9.59 Å². The molecule has 1 aliphatic carbocycles. The Morgan fingerprint density at radius 1 is 0.857 bits per heavy atom. The van der Waals surface area contributed by atoms with Crippen LogP contribution in [0.4, 0.5) is 0 Å². The first kappa shape index (κ1) is 24.9. The van der Waals surface area contributed by atoms with Crippen molar-refractivity contribution in [3.05, 3.63) is 0 Å². The summed E-state index contributed by atoms with van der Waals surface area (Å²) in [6, 6.07) is -1.14. The fraction of sp³-hybridized carbons (Fsp3) is 0.909. The van der Waals surface area contributed by atoms with Crippen molar-refractivity contribution in [1.82, 2.24) is 4.90 Å². The predicted octanol–water partition coefficient (Wildman–Crippen LogP) is 2.84. The van der Waals surface area contributed by atoms with Crippen molar-refractivity contribution in [2.45, 2.75) is 111 Å².